The molecule has 2 aliphatic rings. The van der Waals surface area contributed by atoms with Gasteiger partial charge in [0.05, 0.1) is 6.04 Å². The van der Waals surface area contributed by atoms with Gasteiger partial charge in [-0.2, -0.15) is 0 Å². The van der Waals surface area contributed by atoms with Crippen LogP contribution in [-0.2, 0) is 9.59 Å². The molecule has 0 aromatic rings. The predicted molar refractivity (Wildman–Crippen MR) is 71.8 cm³/mol. The third kappa shape index (κ3) is 2.76. The van der Waals surface area contributed by atoms with Crippen LogP contribution in [0.25, 0.3) is 0 Å². The molecule has 1 saturated heterocycles. The van der Waals surface area contributed by atoms with Crippen molar-refractivity contribution in [2.24, 2.45) is 0 Å². The van der Waals surface area contributed by atoms with Crippen LogP contribution >= 0.6 is 0 Å². The summed E-state index contributed by atoms with van der Waals surface area (Å²) < 4.78 is 0. The Morgan fingerprint density at radius 1 is 1.32 bits per heavy atom. The van der Waals surface area contributed by atoms with Gasteiger partial charge >= 0.3 is 5.97 Å². The van der Waals surface area contributed by atoms with Crippen molar-refractivity contribution in [3.63, 3.8) is 0 Å². The number of carbonyl (C=O) groups excluding carboxylic acids is 1. The maximum Gasteiger partial charge on any atom is 0.323 e. The van der Waals surface area contributed by atoms with Crippen molar-refractivity contribution >= 4 is 11.9 Å². The van der Waals surface area contributed by atoms with Crippen molar-refractivity contribution in [1.29, 1.82) is 0 Å². The third-order valence-electron chi connectivity index (χ3n) is 4.71. The summed E-state index contributed by atoms with van der Waals surface area (Å²) in [5.74, 6) is -0.855. The molecule has 1 amide bonds. The molecule has 108 valence electrons. The number of hydrogen-bond acceptors (Lipinski definition) is 3. The second-order valence-corrected chi connectivity index (χ2v) is 6.04. The van der Waals surface area contributed by atoms with Crippen molar-refractivity contribution < 1.29 is 14.7 Å². The number of carboxylic acids is 1. The van der Waals surface area contributed by atoms with Gasteiger partial charge < -0.3 is 10.4 Å². The van der Waals surface area contributed by atoms with Crippen LogP contribution in [0.1, 0.15) is 52.4 Å². The molecule has 1 heterocycles. The molecule has 19 heavy (non-hydrogen) atoms. The van der Waals surface area contributed by atoms with E-state index in [2.05, 4.69) is 5.32 Å². The molecule has 1 aliphatic heterocycles. The van der Waals surface area contributed by atoms with Crippen molar-refractivity contribution in [3.05, 3.63) is 0 Å². The van der Waals surface area contributed by atoms with Crippen molar-refractivity contribution in [1.82, 2.24) is 10.2 Å². The van der Waals surface area contributed by atoms with Crippen LogP contribution in [0.15, 0.2) is 0 Å². The molecule has 0 aromatic heterocycles. The zero-order valence-corrected chi connectivity index (χ0v) is 11.8. The topological polar surface area (TPSA) is 69.6 Å². The van der Waals surface area contributed by atoms with Crippen LogP contribution < -0.4 is 5.32 Å². The molecule has 0 aromatic carbocycles. The Morgan fingerprint density at radius 3 is 2.53 bits per heavy atom. The summed E-state index contributed by atoms with van der Waals surface area (Å²) in [5.41, 5.74) is -0.896. The monoisotopic (exact) mass is 268 g/mol. The number of aliphatic carboxylic acids is 1. The van der Waals surface area contributed by atoms with Crippen LogP contribution in [0, 0.1) is 0 Å². The molecule has 2 atom stereocenters. The number of rotatable bonds is 4. The minimum absolute atomic E-state index is 0.0266. The van der Waals surface area contributed by atoms with Gasteiger partial charge in [-0.05, 0) is 39.5 Å². The van der Waals surface area contributed by atoms with Gasteiger partial charge in [0.25, 0.3) is 0 Å². The second-order valence-electron chi connectivity index (χ2n) is 6.04. The number of amides is 1. The Bertz CT molecular complexity index is 366. The maximum absolute atomic E-state index is 12.3. The summed E-state index contributed by atoms with van der Waals surface area (Å²) in [6.07, 6.45) is 5.91. The van der Waals surface area contributed by atoms with Gasteiger partial charge in [-0.25, -0.2) is 0 Å². The number of carboxylic acid groups (broad SMARTS) is 1. The van der Waals surface area contributed by atoms with Gasteiger partial charge in [0.2, 0.25) is 5.91 Å². The summed E-state index contributed by atoms with van der Waals surface area (Å²) in [4.78, 5) is 25.5. The fraction of sp³-hybridized carbons (Fsp3) is 0.857. The highest BCUT2D eigenvalue weighted by Gasteiger charge is 2.47. The number of nitrogens with one attached hydrogen (secondary N) is 1. The first-order valence-corrected chi connectivity index (χ1v) is 7.25. The van der Waals surface area contributed by atoms with E-state index in [0.717, 1.165) is 19.3 Å². The molecule has 5 heteroatoms. The van der Waals surface area contributed by atoms with E-state index in [0.29, 0.717) is 13.0 Å². The summed E-state index contributed by atoms with van der Waals surface area (Å²) in [5, 5.41) is 12.4. The Balaban J connectivity index is 1.99. The molecular weight excluding hydrogens is 244 g/mol. The molecule has 1 aliphatic carbocycles. The normalized spacial score (nSPS) is 30.4. The Hall–Kier alpha value is -1.10. The van der Waals surface area contributed by atoms with Gasteiger partial charge in [-0.15, -0.1) is 0 Å². The fourth-order valence-corrected chi connectivity index (χ4v) is 3.37. The van der Waals surface area contributed by atoms with E-state index in [-0.39, 0.29) is 18.0 Å². The summed E-state index contributed by atoms with van der Waals surface area (Å²) >= 11 is 0. The first-order valence-electron chi connectivity index (χ1n) is 7.25. The van der Waals surface area contributed by atoms with Crippen LogP contribution in [0.4, 0.5) is 0 Å². The average molecular weight is 268 g/mol. The lowest BCUT2D eigenvalue weighted by molar-refractivity contribution is -0.151. The molecule has 5 nitrogen and oxygen atoms in total. The van der Waals surface area contributed by atoms with Crippen LogP contribution in [0.3, 0.4) is 0 Å². The molecule has 2 unspecified atom stereocenters. The highest BCUT2D eigenvalue weighted by molar-refractivity contribution is 5.84. The molecule has 2 fully saturated rings. The minimum Gasteiger partial charge on any atom is -0.480 e. The number of carbonyl (C=O) groups is 2. The van der Waals surface area contributed by atoms with E-state index in [9.17, 15) is 14.7 Å². The van der Waals surface area contributed by atoms with Crippen LogP contribution in [0.2, 0.25) is 0 Å². The first-order chi connectivity index (χ1) is 8.95. The lowest BCUT2D eigenvalue weighted by Crippen LogP contribution is -2.57. The molecule has 2 N–H and O–H groups in total. The van der Waals surface area contributed by atoms with Gasteiger partial charge in [-0.1, -0.05) is 12.8 Å². The highest BCUT2D eigenvalue weighted by atomic mass is 16.4. The van der Waals surface area contributed by atoms with Gasteiger partial charge in [-0.3, -0.25) is 14.5 Å². The van der Waals surface area contributed by atoms with E-state index in [1.165, 1.54) is 12.8 Å². The highest BCUT2D eigenvalue weighted by Crippen LogP contribution is 2.31. The standard InChI is InChI=1S/C14H24N2O3/c1-10(12(17)15-11-6-3-4-7-11)16-9-5-8-14(16,2)13(18)19/h10-11H,3-9H2,1-2H3,(H,15,17)(H,18,19). The second kappa shape index (κ2) is 5.49. The maximum atomic E-state index is 12.3. The van der Waals surface area contributed by atoms with Crippen molar-refractivity contribution in [3.8, 4) is 0 Å². The fourth-order valence-electron chi connectivity index (χ4n) is 3.37. The van der Waals surface area contributed by atoms with Gasteiger partial charge in [0.1, 0.15) is 5.54 Å². The third-order valence-corrected chi connectivity index (χ3v) is 4.71. The van der Waals surface area contributed by atoms with E-state index < -0.39 is 11.5 Å². The average Bonchev–Trinajstić information content (AvgIpc) is 2.98. The largest absolute Gasteiger partial charge is 0.480 e. The summed E-state index contributed by atoms with van der Waals surface area (Å²) in [6.45, 7) is 4.22. The first kappa shape index (κ1) is 14.3. The van der Waals surface area contributed by atoms with E-state index >= 15 is 0 Å². The molecule has 0 bridgehead atoms. The van der Waals surface area contributed by atoms with E-state index in [1.807, 2.05) is 11.8 Å². The summed E-state index contributed by atoms with van der Waals surface area (Å²) in [6, 6.07) is -0.0853. The smallest absolute Gasteiger partial charge is 0.323 e. The van der Waals surface area contributed by atoms with Crippen LogP contribution in [-0.4, -0.2) is 46.1 Å². The number of likely N-dealkylation sites (tertiary alicyclic amines) is 1. The SMILES string of the molecule is CC(C(=O)NC1CCCC1)N1CCCC1(C)C(=O)O. The quantitative estimate of drug-likeness (QED) is 0.808. The lowest BCUT2D eigenvalue weighted by atomic mass is 9.98. The molecule has 2 rings (SSSR count). The lowest BCUT2D eigenvalue weighted by Gasteiger charge is -2.35. The van der Waals surface area contributed by atoms with Crippen LogP contribution in [0.5, 0.6) is 0 Å². The molecular formula is C14H24N2O3. The zero-order valence-electron chi connectivity index (χ0n) is 11.8. The summed E-state index contributed by atoms with van der Waals surface area (Å²) in [7, 11) is 0. The molecule has 0 spiro atoms. The Labute approximate surface area is 114 Å². The van der Waals surface area contributed by atoms with Crippen molar-refractivity contribution in [2.75, 3.05) is 6.54 Å². The molecule has 1 saturated carbocycles. The van der Waals surface area contributed by atoms with E-state index in [4.69, 9.17) is 0 Å². The Morgan fingerprint density at radius 2 is 1.95 bits per heavy atom. The van der Waals surface area contributed by atoms with Gasteiger partial charge in [0.15, 0.2) is 0 Å². The van der Waals surface area contributed by atoms with Crippen molar-refractivity contribution in [2.45, 2.75) is 70.0 Å². The van der Waals surface area contributed by atoms with Gasteiger partial charge in [0, 0.05) is 12.6 Å². The minimum atomic E-state index is -0.896. The number of nitrogens with zero attached hydrogens (tertiary/aromatic N) is 1. The van der Waals surface area contributed by atoms with E-state index in [1.54, 1.807) is 6.92 Å². The zero-order chi connectivity index (χ0) is 14.0. The Kier molecular flexibility index (Phi) is 4.13. The number of hydrogen-bond donors (Lipinski definition) is 2. The molecule has 0 radical (unpaired) electrons. The predicted octanol–water partition coefficient (Wildman–Crippen LogP) is 1.37.